The van der Waals surface area contributed by atoms with Gasteiger partial charge in [0, 0.05) is 42.7 Å². The van der Waals surface area contributed by atoms with Crippen molar-refractivity contribution in [2.45, 2.75) is 12.5 Å². The molecule has 0 spiro atoms. The van der Waals surface area contributed by atoms with Crippen LogP contribution in [0.15, 0.2) is 73.2 Å². The van der Waals surface area contributed by atoms with E-state index in [2.05, 4.69) is 20.7 Å². The second-order valence-electron chi connectivity index (χ2n) is 7.90. The Morgan fingerprint density at radius 3 is 2.43 bits per heavy atom. The summed E-state index contributed by atoms with van der Waals surface area (Å²) in [6.45, 7) is 0.125. The van der Waals surface area contributed by atoms with E-state index >= 15 is 0 Å². The number of nitriles is 1. The fourth-order valence-electron chi connectivity index (χ4n) is 3.66. The number of anilines is 1. The number of carbonyl (C=O) groups excluding carboxylic acids is 1. The Labute approximate surface area is 201 Å². The highest BCUT2D eigenvalue weighted by Crippen LogP contribution is 2.21. The molecule has 9 heteroatoms. The number of benzene rings is 2. The zero-order valence-corrected chi connectivity index (χ0v) is 18.9. The van der Waals surface area contributed by atoms with Crippen LogP contribution in [0.1, 0.15) is 22.7 Å². The second kappa shape index (κ2) is 10.7. The minimum atomic E-state index is -0.790. The Balaban J connectivity index is 1.46. The van der Waals surface area contributed by atoms with E-state index in [1.54, 1.807) is 53.5 Å². The molecule has 0 aliphatic carbocycles. The highest BCUT2D eigenvalue weighted by atomic mass is 19.1. The van der Waals surface area contributed by atoms with Crippen LogP contribution in [-0.4, -0.2) is 27.2 Å². The van der Waals surface area contributed by atoms with Crippen molar-refractivity contribution in [3.05, 3.63) is 102 Å². The molecule has 1 amide bonds. The number of nitrogens with one attached hydrogen (secondary N) is 2. The Morgan fingerprint density at radius 2 is 1.83 bits per heavy atom. The molecule has 176 valence electrons. The van der Waals surface area contributed by atoms with Crippen molar-refractivity contribution in [3.63, 3.8) is 0 Å². The molecule has 35 heavy (non-hydrogen) atoms. The fourth-order valence-corrected chi connectivity index (χ4v) is 3.66. The lowest BCUT2D eigenvalue weighted by atomic mass is 10.0. The predicted molar refractivity (Wildman–Crippen MR) is 127 cm³/mol. The van der Waals surface area contributed by atoms with Crippen molar-refractivity contribution in [2.24, 2.45) is 7.05 Å². The van der Waals surface area contributed by atoms with Gasteiger partial charge < -0.3 is 10.6 Å². The van der Waals surface area contributed by atoms with Crippen LogP contribution >= 0.6 is 0 Å². The third-order valence-corrected chi connectivity index (χ3v) is 5.44. The lowest BCUT2D eigenvalue weighted by Crippen LogP contribution is -2.34. The number of pyridine rings is 1. The van der Waals surface area contributed by atoms with E-state index in [0.717, 1.165) is 23.3 Å². The standard InChI is InChI=1S/C26H22F2N6O/c1-34-16-20(15-32-34)19-7-8-24(31-14-19)33-26(35)25(18-5-3-2-4-6-18)30-10-9-21-22(27)11-17(13-29)12-23(21)28/h2-8,11-12,14-16,25,30H,9-10H2,1H3,(H,31,33,35)/t25-/m0/s1. The summed E-state index contributed by atoms with van der Waals surface area (Å²) in [6.07, 6.45) is 5.24. The molecule has 7 nitrogen and oxygen atoms in total. The van der Waals surface area contributed by atoms with Gasteiger partial charge in [-0.15, -0.1) is 0 Å². The highest BCUT2D eigenvalue weighted by molar-refractivity contribution is 5.95. The molecule has 0 fully saturated rings. The van der Waals surface area contributed by atoms with Crippen LogP contribution in [0.4, 0.5) is 14.6 Å². The second-order valence-corrected chi connectivity index (χ2v) is 7.90. The van der Waals surface area contributed by atoms with E-state index in [9.17, 15) is 13.6 Å². The van der Waals surface area contributed by atoms with Gasteiger partial charge >= 0.3 is 0 Å². The van der Waals surface area contributed by atoms with Crippen molar-refractivity contribution < 1.29 is 13.6 Å². The number of amides is 1. The van der Waals surface area contributed by atoms with Gasteiger partial charge in [-0.1, -0.05) is 30.3 Å². The van der Waals surface area contributed by atoms with Crippen LogP contribution in [-0.2, 0) is 18.3 Å². The molecule has 2 heterocycles. The summed E-state index contributed by atoms with van der Waals surface area (Å²) >= 11 is 0. The number of halogens is 2. The molecule has 0 radical (unpaired) electrons. The van der Waals surface area contributed by atoms with Crippen molar-refractivity contribution in [1.82, 2.24) is 20.1 Å². The molecule has 2 aromatic heterocycles. The van der Waals surface area contributed by atoms with Gasteiger partial charge in [0.15, 0.2) is 0 Å². The van der Waals surface area contributed by atoms with E-state index < -0.39 is 17.7 Å². The topological polar surface area (TPSA) is 95.6 Å². The third kappa shape index (κ3) is 5.75. The van der Waals surface area contributed by atoms with Gasteiger partial charge in [0.1, 0.15) is 23.5 Å². The molecule has 0 bridgehead atoms. The summed E-state index contributed by atoms with van der Waals surface area (Å²) in [6, 6.07) is 15.5. The summed E-state index contributed by atoms with van der Waals surface area (Å²) in [5.74, 6) is -1.57. The lowest BCUT2D eigenvalue weighted by molar-refractivity contribution is -0.118. The van der Waals surface area contributed by atoms with Gasteiger partial charge in [-0.25, -0.2) is 13.8 Å². The highest BCUT2D eigenvalue weighted by Gasteiger charge is 2.21. The zero-order chi connectivity index (χ0) is 24.8. The molecule has 0 aliphatic heterocycles. The van der Waals surface area contributed by atoms with Crippen molar-refractivity contribution in [1.29, 1.82) is 5.26 Å². The minimum absolute atomic E-state index is 0.00194. The summed E-state index contributed by atoms with van der Waals surface area (Å²) in [5, 5.41) is 18.9. The van der Waals surface area contributed by atoms with Crippen LogP contribution in [0.25, 0.3) is 11.1 Å². The van der Waals surface area contributed by atoms with Crippen molar-refractivity contribution in [3.8, 4) is 17.2 Å². The predicted octanol–water partition coefficient (Wildman–Crippen LogP) is 4.14. The van der Waals surface area contributed by atoms with E-state index in [-0.39, 0.29) is 30.0 Å². The molecular formula is C26H22F2N6O. The number of nitrogens with zero attached hydrogens (tertiary/aromatic N) is 4. The Morgan fingerprint density at radius 1 is 1.09 bits per heavy atom. The van der Waals surface area contributed by atoms with Crippen molar-refractivity contribution >= 4 is 11.7 Å². The number of rotatable bonds is 8. The fraction of sp³-hybridized carbons (Fsp3) is 0.154. The summed E-state index contributed by atoms with van der Waals surface area (Å²) in [7, 11) is 1.83. The van der Waals surface area contributed by atoms with E-state index in [0.29, 0.717) is 11.4 Å². The summed E-state index contributed by atoms with van der Waals surface area (Å²) in [5.41, 5.74) is 2.23. The molecule has 0 saturated carbocycles. The molecule has 2 N–H and O–H groups in total. The maximum atomic E-state index is 14.2. The average molecular weight is 472 g/mol. The first-order valence-electron chi connectivity index (χ1n) is 10.9. The lowest BCUT2D eigenvalue weighted by Gasteiger charge is -2.19. The number of carbonyl (C=O) groups is 1. The quantitative estimate of drug-likeness (QED) is 0.402. The SMILES string of the molecule is Cn1cc(-c2ccc(NC(=O)[C@@H](NCCc3c(F)cc(C#N)cc3F)c3ccccc3)nc2)cn1. The van der Waals surface area contributed by atoms with Gasteiger partial charge in [-0.05, 0) is 36.2 Å². The third-order valence-electron chi connectivity index (χ3n) is 5.44. The van der Waals surface area contributed by atoms with Gasteiger partial charge in [-0.3, -0.25) is 9.48 Å². The van der Waals surface area contributed by atoms with Crippen LogP contribution < -0.4 is 10.6 Å². The summed E-state index contributed by atoms with van der Waals surface area (Å²) in [4.78, 5) is 17.4. The maximum Gasteiger partial charge on any atom is 0.247 e. The number of hydrogen-bond donors (Lipinski definition) is 2. The molecule has 1 atom stereocenters. The van der Waals surface area contributed by atoms with Crippen LogP contribution in [0, 0.1) is 23.0 Å². The number of hydrogen-bond acceptors (Lipinski definition) is 5. The normalized spacial score (nSPS) is 11.6. The average Bonchev–Trinajstić information content (AvgIpc) is 3.30. The largest absolute Gasteiger partial charge is 0.309 e. The monoisotopic (exact) mass is 472 g/mol. The molecule has 2 aromatic carbocycles. The summed E-state index contributed by atoms with van der Waals surface area (Å²) < 4.78 is 30.2. The van der Waals surface area contributed by atoms with Gasteiger partial charge in [-0.2, -0.15) is 10.4 Å². The molecule has 4 aromatic rings. The van der Waals surface area contributed by atoms with Gasteiger partial charge in [0.2, 0.25) is 5.91 Å². The van der Waals surface area contributed by atoms with Crippen LogP contribution in [0.5, 0.6) is 0 Å². The molecular weight excluding hydrogens is 450 g/mol. The number of aryl methyl sites for hydroxylation is 1. The molecule has 0 saturated heterocycles. The Hall–Kier alpha value is -4.42. The molecule has 4 rings (SSSR count). The van der Waals surface area contributed by atoms with E-state index in [4.69, 9.17) is 5.26 Å². The first-order valence-corrected chi connectivity index (χ1v) is 10.9. The van der Waals surface area contributed by atoms with E-state index in [1.807, 2.05) is 25.4 Å². The molecule has 0 unspecified atom stereocenters. The maximum absolute atomic E-state index is 14.2. The Bertz CT molecular complexity index is 1340. The number of aromatic nitrogens is 3. The van der Waals surface area contributed by atoms with Crippen LogP contribution in [0.2, 0.25) is 0 Å². The first-order chi connectivity index (χ1) is 16.9. The van der Waals surface area contributed by atoms with Gasteiger partial charge in [0.05, 0.1) is 17.8 Å². The minimum Gasteiger partial charge on any atom is -0.309 e. The van der Waals surface area contributed by atoms with E-state index in [1.165, 1.54) is 0 Å². The Kier molecular flexibility index (Phi) is 7.24. The molecule has 0 aliphatic rings. The first kappa shape index (κ1) is 23.7. The smallest absolute Gasteiger partial charge is 0.247 e. The zero-order valence-electron chi connectivity index (χ0n) is 18.9. The van der Waals surface area contributed by atoms with Gasteiger partial charge in [0.25, 0.3) is 0 Å². The van der Waals surface area contributed by atoms with Crippen molar-refractivity contribution in [2.75, 3.05) is 11.9 Å². The van der Waals surface area contributed by atoms with Crippen LogP contribution in [0.3, 0.4) is 0 Å².